The molecule has 0 saturated carbocycles. The number of benzene rings is 2. The summed E-state index contributed by atoms with van der Waals surface area (Å²) in [7, 11) is 0. The molecule has 0 atom stereocenters. The summed E-state index contributed by atoms with van der Waals surface area (Å²) in [4.78, 5) is 10.8. The first kappa shape index (κ1) is 13.3. The van der Waals surface area contributed by atoms with E-state index in [0.29, 0.717) is 35.5 Å². The number of aliphatic carboxylic acids is 1. The lowest BCUT2D eigenvalue weighted by Gasteiger charge is -2.11. The van der Waals surface area contributed by atoms with E-state index in [-0.39, 0.29) is 17.9 Å². The molecule has 21 heavy (non-hydrogen) atoms. The van der Waals surface area contributed by atoms with Crippen LogP contribution in [0, 0.1) is 0 Å². The Balaban J connectivity index is 1.99. The maximum atomic E-state index is 10.8. The van der Waals surface area contributed by atoms with Crippen LogP contribution in [-0.2, 0) is 24.1 Å². The third-order valence-electron chi connectivity index (χ3n) is 3.51. The molecule has 0 fully saturated rings. The van der Waals surface area contributed by atoms with Gasteiger partial charge in [-0.15, -0.1) is 0 Å². The molecule has 5 heteroatoms. The van der Waals surface area contributed by atoms with Gasteiger partial charge in [0.1, 0.15) is 23.0 Å². The Kier molecular flexibility index (Phi) is 3.17. The number of hydrogen-bond donors (Lipinski definition) is 3. The van der Waals surface area contributed by atoms with Crippen LogP contribution in [-0.4, -0.2) is 21.3 Å². The van der Waals surface area contributed by atoms with Gasteiger partial charge in [-0.1, -0.05) is 12.1 Å². The van der Waals surface area contributed by atoms with E-state index in [2.05, 4.69) is 0 Å². The lowest BCUT2D eigenvalue weighted by Crippen LogP contribution is -2.01. The first-order valence-electron chi connectivity index (χ1n) is 6.59. The highest BCUT2D eigenvalue weighted by Gasteiger charge is 2.19. The molecule has 2 aromatic carbocycles. The second-order valence-corrected chi connectivity index (χ2v) is 5.06. The Morgan fingerprint density at radius 1 is 1.10 bits per heavy atom. The smallest absolute Gasteiger partial charge is 0.307 e. The summed E-state index contributed by atoms with van der Waals surface area (Å²) in [6.07, 6.45) is 1.16. The zero-order valence-corrected chi connectivity index (χ0v) is 11.2. The van der Waals surface area contributed by atoms with Gasteiger partial charge < -0.3 is 20.1 Å². The quantitative estimate of drug-likeness (QED) is 0.790. The molecular weight excluding hydrogens is 272 g/mol. The van der Waals surface area contributed by atoms with Gasteiger partial charge in [-0.05, 0) is 30.0 Å². The van der Waals surface area contributed by atoms with Gasteiger partial charge in [0, 0.05) is 17.7 Å². The summed E-state index contributed by atoms with van der Waals surface area (Å²) in [6.45, 7) is 0. The SMILES string of the molecule is O=C(O)Cc1ccc2c(c1)CCc1c(O)cc(O)cc1O2. The molecule has 1 aliphatic rings. The van der Waals surface area contributed by atoms with E-state index in [1.807, 2.05) is 6.07 Å². The predicted molar refractivity (Wildman–Crippen MR) is 75.0 cm³/mol. The summed E-state index contributed by atoms with van der Waals surface area (Å²) in [5.41, 5.74) is 2.25. The summed E-state index contributed by atoms with van der Waals surface area (Å²) in [5, 5.41) is 28.3. The first-order valence-corrected chi connectivity index (χ1v) is 6.59. The molecule has 0 aromatic heterocycles. The standard InChI is InChI=1S/C16H14O5/c17-11-7-13(18)12-3-2-10-5-9(6-16(19)20)1-4-14(10)21-15(12)8-11/h1,4-5,7-8,17-18H,2-3,6H2,(H,19,20). The average molecular weight is 286 g/mol. The number of ether oxygens (including phenoxy) is 1. The third-order valence-corrected chi connectivity index (χ3v) is 3.51. The fourth-order valence-corrected chi connectivity index (χ4v) is 2.55. The van der Waals surface area contributed by atoms with Crippen molar-refractivity contribution in [3.05, 3.63) is 47.0 Å². The third kappa shape index (κ3) is 2.63. The Hall–Kier alpha value is -2.69. The van der Waals surface area contributed by atoms with Crippen LogP contribution in [0.1, 0.15) is 16.7 Å². The van der Waals surface area contributed by atoms with Crippen LogP contribution in [0.15, 0.2) is 30.3 Å². The number of aryl methyl sites for hydroxylation is 1. The van der Waals surface area contributed by atoms with Crippen LogP contribution in [0.2, 0.25) is 0 Å². The van der Waals surface area contributed by atoms with Gasteiger partial charge in [0.15, 0.2) is 0 Å². The summed E-state index contributed by atoms with van der Waals surface area (Å²) >= 11 is 0. The van der Waals surface area contributed by atoms with E-state index in [4.69, 9.17) is 9.84 Å². The number of rotatable bonds is 2. The summed E-state index contributed by atoms with van der Waals surface area (Å²) in [6, 6.07) is 8.00. The Bertz CT molecular complexity index is 721. The number of hydrogen-bond acceptors (Lipinski definition) is 4. The average Bonchev–Trinajstić information content (AvgIpc) is 2.56. The fourth-order valence-electron chi connectivity index (χ4n) is 2.55. The van der Waals surface area contributed by atoms with Crippen LogP contribution < -0.4 is 4.74 Å². The van der Waals surface area contributed by atoms with Crippen molar-refractivity contribution in [2.45, 2.75) is 19.3 Å². The van der Waals surface area contributed by atoms with Gasteiger partial charge in [-0.25, -0.2) is 0 Å². The molecule has 3 N–H and O–H groups in total. The van der Waals surface area contributed by atoms with Crippen LogP contribution in [0.3, 0.4) is 0 Å². The molecule has 0 amide bonds. The molecule has 0 saturated heterocycles. The second-order valence-electron chi connectivity index (χ2n) is 5.06. The Morgan fingerprint density at radius 3 is 2.67 bits per heavy atom. The van der Waals surface area contributed by atoms with Gasteiger partial charge >= 0.3 is 5.97 Å². The van der Waals surface area contributed by atoms with Gasteiger partial charge in [0.2, 0.25) is 0 Å². The van der Waals surface area contributed by atoms with E-state index in [1.165, 1.54) is 12.1 Å². The van der Waals surface area contributed by atoms with E-state index in [9.17, 15) is 15.0 Å². The van der Waals surface area contributed by atoms with Crippen molar-refractivity contribution in [3.8, 4) is 23.0 Å². The van der Waals surface area contributed by atoms with Crippen molar-refractivity contribution in [3.63, 3.8) is 0 Å². The van der Waals surface area contributed by atoms with Crippen LogP contribution in [0.4, 0.5) is 0 Å². The van der Waals surface area contributed by atoms with Gasteiger partial charge in [0.25, 0.3) is 0 Å². The largest absolute Gasteiger partial charge is 0.508 e. The van der Waals surface area contributed by atoms with Crippen molar-refractivity contribution in [2.75, 3.05) is 0 Å². The summed E-state index contributed by atoms with van der Waals surface area (Å²) < 4.78 is 5.76. The minimum atomic E-state index is -0.879. The minimum Gasteiger partial charge on any atom is -0.508 e. The topological polar surface area (TPSA) is 87.0 Å². The van der Waals surface area contributed by atoms with Crippen LogP contribution >= 0.6 is 0 Å². The van der Waals surface area contributed by atoms with Crippen molar-refractivity contribution < 1.29 is 24.9 Å². The molecule has 5 nitrogen and oxygen atoms in total. The molecule has 1 aliphatic heterocycles. The maximum Gasteiger partial charge on any atom is 0.307 e. The molecule has 108 valence electrons. The van der Waals surface area contributed by atoms with Gasteiger partial charge in [-0.3, -0.25) is 4.79 Å². The number of carboxylic acid groups (broad SMARTS) is 1. The lowest BCUT2D eigenvalue weighted by molar-refractivity contribution is -0.136. The van der Waals surface area contributed by atoms with E-state index < -0.39 is 5.97 Å². The number of fused-ring (bicyclic) bond motifs is 2. The normalized spacial score (nSPS) is 12.8. The maximum absolute atomic E-state index is 10.8. The zero-order valence-electron chi connectivity index (χ0n) is 11.2. The molecule has 0 radical (unpaired) electrons. The molecule has 0 bridgehead atoms. The Labute approximate surface area is 121 Å². The van der Waals surface area contributed by atoms with Crippen molar-refractivity contribution in [2.24, 2.45) is 0 Å². The zero-order chi connectivity index (χ0) is 15.0. The molecule has 0 spiro atoms. The van der Waals surface area contributed by atoms with Crippen molar-refractivity contribution in [1.29, 1.82) is 0 Å². The highest BCUT2D eigenvalue weighted by atomic mass is 16.5. The van der Waals surface area contributed by atoms with Crippen molar-refractivity contribution in [1.82, 2.24) is 0 Å². The van der Waals surface area contributed by atoms with Gasteiger partial charge in [0.05, 0.1) is 6.42 Å². The fraction of sp³-hybridized carbons (Fsp3) is 0.188. The molecule has 0 unspecified atom stereocenters. The van der Waals surface area contributed by atoms with Crippen LogP contribution in [0.25, 0.3) is 0 Å². The minimum absolute atomic E-state index is 0.00330. The lowest BCUT2D eigenvalue weighted by atomic mass is 10.0. The summed E-state index contributed by atoms with van der Waals surface area (Å²) in [5.74, 6) is 0.112. The highest BCUT2D eigenvalue weighted by Crippen LogP contribution is 2.40. The molecule has 1 heterocycles. The molecule has 3 rings (SSSR count). The monoisotopic (exact) mass is 286 g/mol. The van der Waals surface area contributed by atoms with Crippen molar-refractivity contribution >= 4 is 5.97 Å². The number of carbonyl (C=O) groups is 1. The first-order chi connectivity index (χ1) is 10.0. The number of aromatic hydroxyl groups is 2. The van der Waals surface area contributed by atoms with Gasteiger partial charge in [-0.2, -0.15) is 0 Å². The van der Waals surface area contributed by atoms with Crippen LogP contribution in [0.5, 0.6) is 23.0 Å². The molecule has 2 aromatic rings. The van der Waals surface area contributed by atoms with E-state index >= 15 is 0 Å². The molecular formula is C16H14O5. The number of carboxylic acids is 1. The predicted octanol–water partition coefficient (Wildman–Crippen LogP) is 2.62. The molecule has 0 aliphatic carbocycles. The number of phenolic OH excluding ortho intramolecular Hbond substituents is 2. The Morgan fingerprint density at radius 2 is 1.90 bits per heavy atom. The highest BCUT2D eigenvalue weighted by molar-refractivity contribution is 5.70. The second kappa shape index (κ2) is 5.01. The van der Waals surface area contributed by atoms with E-state index in [0.717, 1.165) is 5.56 Å². The number of phenols is 2. The van der Waals surface area contributed by atoms with E-state index in [1.54, 1.807) is 12.1 Å².